The lowest BCUT2D eigenvalue weighted by molar-refractivity contribution is 0.0992. The van der Waals surface area contributed by atoms with Gasteiger partial charge in [-0.1, -0.05) is 0 Å². The number of aliphatic imine (C=N–C) groups is 1. The average Bonchev–Trinajstić information content (AvgIpc) is 3.16. The van der Waals surface area contributed by atoms with Gasteiger partial charge in [-0.15, -0.1) is 11.3 Å². The predicted molar refractivity (Wildman–Crippen MR) is 81.2 cm³/mol. The highest BCUT2D eigenvalue weighted by molar-refractivity contribution is 7.09. The first-order chi connectivity index (χ1) is 9.85. The van der Waals surface area contributed by atoms with Crippen LogP contribution in [0.4, 0.5) is 0 Å². The van der Waals surface area contributed by atoms with Gasteiger partial charge in [-0.25, -0.2) is 4.98 Å². The van der Waals surface area contributed by atoms with Crippen molar-refractivity contribution in [3.05, 3.63) is 16.6 Å². The standard InChI is InChI=1S/C14H22N4OS/c1-2-15-14(17-6-5-13-16-7-8-20-13)18-11-9-10-3-4-12(11)19-10/h7-8,10-12H,2-6,9H2,1H3,(H2,15,17,18). The number of fused-ring (bicyclic) bond motifs is 2. The largest absolute Gasteiger partial charge is 0.373 e. The van der Waals surface area contributed by atoms with Gasteiger partial charge in [0.25, 0.3) is 0 Å². The van der Waals surface area contributed by atoms with Crippen molar-refractivity contribution in [3.8, 4) is 0 Å². The summed E-state index contributed by atoms with van der Waals surface area (Å²) in [5.74, 6) is 0.908. The van der Waals surface area contributed by atoms with Crippen molar-refractivity contribution in [2.75, 3.05) is 13.1 Å². The smallest absolute Gasteiger partial charge is 0.191 e. The number of ether oxygens (including phenoxy) is 1. The van der Waals surface area contributed by atoms with E-state index in [0.717, 1.165) is 36.9 Å². The molecular formula is C14H22N4OS. The number of guanidine groups is 1. The van der Waals surface area contributed by atoms with E-state index in [2.05, 4.69) is 27.5 Å². The van der Waals surface area contributed by atoms with Crippen LogP contribution in [0.15, 0.2) is 16.6 Å². The van der Waals surface area contributed by atoms with E-state index in [1.807, 2.05) is 11.6 Å². The van der Waals surface area contributed by atoms with Gasteiger partial charge in [0.1, 0.15) is 0 Å². The third-order valence-electron chi connectivity index (χ3n) is 3.85. The summed E-state index contributed by atoms with van der Waals surface area (Å²) < 4.78 is 5.87. The molecule has 0 aromatic carbocycles. The molecule has 6 heteroatoms. The lowest BCUT2D eigenvalue weighted by Crippen LogP contribution is -2.47. The van der Waals surface area contributed by atoms with E-state index in [1.165, 1.54) is 12.8 Å². The quantitative estimate of drug-likeness (QED) is 0.639. The summed E-state index contributed by atoms with van der Waals surface area (Å²) in [6, 6.07) is 0.423. The Morgan fingerprint density at radius 3 is 3.15 bits per heavy atom. The van der Waals surface area contributed by atoms with Gasteiger partial charge in [-0.05, 0) is 26.2 Å². The molecule has 1 aromatic heterocycles. The van der Waals surface area contributed by atoms with E-state index in [9.17, 15) is 0 Å². The summed E-state index contributed by atoms with van der Waals surface area (Å²) in [5, 5.41) is 10.00. The molecule has 0 aliphatic carbocycles. The molecule has 0 amide bonds. The Kier molecular flexibility index (Phi) is 4.52. The summed E-state index contributed by atoms with van der Waals surface area (Å²) in [6.45, 7) is 3.74. The molecule has 2 fully saturated rings. The molecule has 2 aliphatic rings. The van der Waals surface area contributed by atoms with Gasteiger partial charge in [0, 0.05) is 31.1 Å². The van der Waals surface area contributed by atoms with Gasteiger partial charge in [-0.2, -0.15) is 0 Å². The Hall–Kier alpha value is -1.14. The van der Waals surface area contributed by atoms with E-state index in [1.54, 1.807) is 11.3 Å². The average molecular weight is 294 g/mol. The zero-order valence-electron chi connectivity index (χ0n) is 11.8. The van der Waals surface area contributed by atoms with Crippen molar-refractivity contribution < 1.29 is 4.74 Å². The maximum atomic E-state index is 5.87. The van der Waals surface area contributed by atoms with Gasteiger partial charge in [-0.3, -0.25) is 4.99 Å². The second-order valence-corrected chi connectivity index (χ2v) is 6.28. The van der Waals surface area contributed by atoms with Crippen molar-refractivity contribution >= 4 is 17.3 Å². The third-order valence-corrected chi connectivity index (χ3v) is 4.69. The Morgan fingerprint density at radius 1 is 1.55 bits per heavy atom. The monoisotopic (exact) mass is 294 g/mol. The van der Waals surface area contributed by atoms with Crippen LogP contribution in [0.5, 0.6) is 0 Å². The van der Waals surface area contributed by atoms with Gasteiger partial charge in [0.2, 0.25) is 0 Å². The molecule has 2 bridgehead atoms. The Labute approximate surface area is 123 Å². The van der Waals surface area contributed by atoms with Crippen LogP contribution in [0.25, 0.3) is 0 Å². The van der Waals surface area contributed by atoms with E-state index < -0.39 is 0 Å². The van der Waals surface area contributed by atoms with Crippen LogP contribution in [0.1, 0.15) is 31.2 Å². The van der Waals surface area contributed by atoms with Crippen molar-refractivity contribution in [2.45, 2.75) is 50.9 Å². The Bertz CT molecular complexity index is 448. The number of hydrogen-bond acceptors (Lipinski definition) is 4. The Morgan fingerprint density at radius 2 is 2.50 bits per heavy atom. The molecule has 5 nitrogen and oxygen atoms in total. The van der Waals surface area contributed by atoms with E-state index in [0.29, 0.717) is 18.2 Å². The summed E-state index contributed by atoms with van der Waals surface area (Å²) in [5.41, 5.74) is 0. The van der Waals surface area contributed by atoms with E-state index in [-0.39, 0.29) is 0 Å². The van der Waals surface area contributed by atoms with Crippen LogP contribution in [-0.2, 0) is 11.2 Å². The molecule has 2 saturated heterocycles. The molecule has 0 saturated carbocycles. The molecule has 3 rings (SSSR count). The van der Waals surface area contributed by atoms with Gasteiger partial charge >= 0.3 is 0 Å². The second kappa shape index (κ2) is 6.54. The minimum absolute atomic E-state index is 0.378. The van der Waals surface area contributed by atoms with E-state index in [4.69, 9.17) is 4.74 Å². The molecule has 0 spiro atoms. The fourth-order valence-electron chi connectivity index (χ4n) is 2.93. The number of nitrogens with one attached hydrogen (secondary N) is 2. The highest BCUT2D eigenvalue weighted by atomic mass is 32.1. The summed E-state index contributed by atoms with van der Waals surface area (Å²) in [4.78, 5) is 8.92. The fourth-order valence-corrected chi connectivity index (χ4v) is 3.53. The van der Waals surface area contributed by atoms with Crippen molar-refractivity contribution in [2.24, 2.45) is 4.99 Å². The fraction of sp³-hybridized carbons (Fsp3) is 0.714. The maximum Gasteiger partial charge on any atom is 0.191 e. The van der Waals surface area contributed by atoms with Gasteiger partial charge in [0.15, 0.2) is 5.96 Å². The molecule has 3 unspecified atom stereocenters. The summed E-state index contributed by atoms with van der Waals surface area (Å²) >= 11 is 1.69. The molecule has 0 radical (unpaired) electrons. The van der Waals surface area contributed by atoms with Crippen LogP contribution in [0.2, 0.25) is 0 Å². The van der Waals surface area contributed by atoms with Crippen LogP contribution in [0, 0.1) is 0 Å². The van der Waals surface area contributed by atoms with E-state index >= 15 is 0 Å². The molecular weight excluding hydrogens is 272 g/mol. The summed E-state index contributed by atoms with van der Waals surface area (Å²) in [6.07, 6.45) is 7.11. The maximum absolute atomic E-state index is 5.87. The van der Waals surface area contributed by atoms with Crippen LogP contribution < -0.4 is 10.6 Å². The first kappa shape index (κ1) is 13.8. The van der Waals surface area contributed by atoms with Crippen molar-refractivity contribution in [1.29, 1.82) is 0 Å². The van der Waals surface area contributed by atoms with Crippen LogP contribution in [-0.4, -0.2) is 42.3 Å². The minimum Gasteiger partial charge on any atom is -0.373 e. The molecule has 110 valence electrons. The lowest BCUT2D eigenvalue weighted by atomic mass is 9.96. The Balaban J connectivity index is 1.52. The predicted octanol–water partition coefficient (Wildman–Crippen LogP) is 1.56. The molecule has 2 N–H and O–H groups in total. The lowest BCUT2D eigenvalue weighted by Gasteiger charge is -2.22. The van der Waals surface area contributed by atoms with Crippen molar-refractivity contribution in [1.82, 2.24) is 15.6 Å². The first-order valence-electron chi connectivity index (χ1n) is 7.44. The zero-order valence-corrected chi connectivity index (χ0v) is 12.7. The van der Waals surface area contributed by atoms with Crippen LogP contribution in [0.3, 0.4) is 0 Å². The molecule has 20 heavy (non-hydrogen) atoms. The number of thiazole rings is 1. The zero-order chi connectivity index (χ0) is 13.8. The SMILES string of the molecule is CCNC(=NCCc1nccs1)NC1CC2CCC1O2. The topological polar surface area (TPSA) is 58.5 Å². The molecule has 2 aliphatic heterocycles. The number of aromatic nitrogens is 1. The van der Waals surface area contributed by atoms with Crippen LogP contribution >= 0.6 is 11.3 Å². The first-order valence-corrected chi connectivity index (χ1v) is 8.32. The highest BCUT2D eigenvalue weighted by Gasteiger charge is 2.41. The normalized spacial score (nSPS) is 28.9. The number of hydrogen-bond donors (Lipinski definition) is 2. The number of rotatable bonds is 5. The second-order valence-electron chi connectivity index (χ2n) is 5.30. The minimum atomic E-state index is 0.378. The van der Waals surface area contributed by atoms with Crippen molar-refractivity contribution in [3.63, 3.8) is 0 Å². The third kappa shape index (κ3) is 3.30. The molecule has 3 heterocycles. The van der Waals surface area contributed by atoms with Gasteiger partial charge in [0.05, 0.1) is 23.3 Å². The molecule has 3 atom stereocenters. The molecule has 1 aromatic rings. The summed E-state index contributed by atoms with van der Waals surface area (Å²) in [7, 11) is 0. The van der Waals surface area contributed by atoms with Gasteiger partial charge < -0.3 is 15.4 Å². The number of nitrogens with zero attached hydrogens (tertiary/aromatic N) is 2. The highest BCUT2D eigenvalue weighted by Crippen LogP contribution is 2.34.